The lowest BCUT2D eigenvalue weighted by Crippen LogP contribution is -2.04. The fourth-order valence-electron chi connectivity index (χ4n) is 2.94. The highest BCUT2D eigenvalue weighted by Crippen LogP contribution is 2.31. The van der Waals surface area contributed by atoms with E-state index in [1.165, 1.54) is 5.56 Å². The first-order chi connectivity index (χ1) is 14.2. The van der Waals surface area contributed by atoms with Crippen LogP contribution in [0.15, 0.2) is 72.8 Å². The van der Waals surface area contributed by atoms with E-state index in [1.54, 1.807) is 11.9 Å². The molecule has 0 unspecified atom stereocenters. The first-order valence-electron chi connectivity index (χ1n) is 9.40. The second-order valence-electron chi connectivity index (χ2n) is 6.77. The van der Waals surface area contributed by atoms with Gasteiger partial charge in [0.1, 0.15) is 6.61 Å². The Morgan fingerprint density at radius 2 is 1.66 bits per heavy atom. The van der Waals surface area contributed by atoms with Crippen LogP contribution in [0.2, 0.25) is 0 Å². The molecule has 0 aliphatic rings. The molecule has 29 heavy (non-hydrogen) atoms. The maximum absolute atomic E-state index is 5.91. The lowest BCUT2D eigenvalue weighted by atomic mass is 10.1. The summed E-state index contributed by atoms with van der Waals surface area (Å²) in [7, 11) is 1.62. The molecule has 0 N–H and O–H groups in total. The number of ether oxygens (including phenoxy) is 2. The van der Waals surface area contributed by atoms with Crippen molar-refractivity contribution < 1.29 is 9.47 Å². The summed E-state index contributed by atoms with van der Waals surface area (Å²) in [5, 5.41) is 12.8. The van der Waals surface area contributed by atoms with Crippen molar-refractivity contribution >= 4 is 0 Å². The Morgan fingerprint density at radius 1 is 0.862 bits per heavy atom. The van der Waals surface area contributed by atoms with Crippen molar-refractivity contribution in [3.63, 3.8) is 0 Å². The van der Waals surface area contributed by atoms with Crippen molar-refractivity contribution in [2.45, 2.75) is 20.1 Å². The minimum absolute atomic E-state index is 0.474. The standard InChI is InChI=1S/C23H22N4O2/c1-17-8-10-18(11-9-17)15-27-25-23(24-26-27)20-12-13-21(22(14-20)28-2)29-16-19-6-4-3-5-7-19/h3-14H,15-16H2,1-2H3. The van der Waals surface area contributed by atoms with E-state index < -0.39 is 0 Å². The molecule has 3 aromatic carbocycles. The average molecular weight is 386 g/mol. The number of hydrogen-bond donors (Lipinski definition) is 0. The van der Waals surface area contributed by atoms with Gasteiger partial charge in [0, 0.05) is 5.56 Å². The minimum Gasteiger partial charge on any atom is -0.493 e. The van der Waals surface area contributed by atoms with Gasteiger partial charge in [-0.2, -0.15) is 4.80 Å². The van der Waals surface area contributed by atoms with Gasteiger partial charge >= 0.3 is 0 Å². The Balaban J connectivity index is 1.48. The molecule has 0 bridgehead atoms. The Hall–Kier alpha value is -3.67. The van der Waals surface area contributed by atoms with Crippen LogP contribution in [-0.4, -0.2) is 27.3 Å². The topological polar surface area (TPSA) is 62.1 Å². The summed E-state index contributed by atoms with van der Waals surface area (Å²) in [6.45, 7) is 3.11. The van der Waals surface area contributed by atoms with Gasteiger partial charge in [0.05, 0.1) is 13.7 Å². The zero-order valence-corrected chi connectivity index (χ0v) is 16.4. The molecule has 146 valence electrons. The van der Waals surface area contributed by atoms with Gasteiger partial charge in [-0.15, -0.1) is 10.2 Å². The maximum Gasteiger partial charge on any atom is 0.205 e. The summed E-state index contributed by atoms with van der Waals surface area (Å²) < 4.78 is 11.4. The molecule has 1 aromatic heterocycles. The lowest BCUT2D eigenvalue weighted by Gasteiger charge is -2.11. The van der Waals surface area contributed by atoms with Gasteiger partial charge in [-0.05, 0) is 41.5 Å². The van der Waals surface area contributed by atoms with E-state index in [4.69, 9.17) is 9.47 Å². The molecule has 0 saturated heterocycles. The summed E-state index contributed by atoms with van der Waals surface area (Å²) in [5.41, 5.74) is 4.27. The highest BCUT2D eigenvalue weighted by Gasteiger charge is 2.12. The van der Waals surface area contributed by atoms with Crippen LogP contribution in [-0.2, 0) is 13.2 Å². The Labute approximate surface area is 169 Å². The minimum atomic E-state index is 0.474. The van der Waals surface area contributed by atoms with Crippen LogP contribution in [0.4, 0.5) is 0 Å². The lowest BCUT2D eigenvalue weighted by molar-refractivity contribution is 0.284. The van der Waals surface area contributed by atoms with E-state index in [-0.39, 0.29) is 0 Å². The molecule has 0 spiro atoms. The monoisotopic (exact) mass is 386 g/mol. The summed E-state index contributed by atoms with van der Waals surface area (Å²) in [6, 6.07) is 24.0. The van der Waals surface area contributed by atoms with Crippen molar-refractivity contribution in [1.29, 1.82) is 0 Å². The highest BCUT2D eigenvalue weighted by atomic mass is 16.5. The first kappa shape index (κ1) is 18.7. The molecule has 4 aromatic rings. The number of nitrogens with zero attached hydrogens (tertiary/aromatic N) is 4. The molecule has 4 rings (SSSR count). The highest BCUT2D eigenvalue weighted by molar-refractivity contribution is 5.60. The second-order valence-corrected chi connectivity index (χ2v) is 6.77. The predicted octanol–water partition coefficient (Wildman–Crippen LogP) is 4.28. The van der Waals surface area contributed by atoms with E-state index in [2.05, 4.69) is 46.6 Å². The Kier molecular flexibility index (Phi) is 5.52. The first-order valence-corrected chi connectivity index (χ1v) is 9.40. The van der Waals surface area contributed by atoms with Crippen molar-refractivity contribution in [2.75, 3.05) is 7.11 Å². The average Bonchev–Trinajstić information content (AvgIpc) is 3.23. The molecule has 0 fully saturated rings. The van der Waals surface area contributed by atoms with Crippen LogP contribution in [0.1, 0.15) is 16.7 Å². The summed E-state index contributed by atoms with van der Waals surface area (Å²) >= 11 is 0. The van der Waals surface area contributed by atoms with Crippen LogP contribution >= 0.6 is 0 Å². The second kappa shape index (κ2) is 8.56. The number of tetrazole rings is 1. The zero-order chi connectivity index (χ0) is 20.1. The fourth-order valence-corrected chi connectivity index (χ4v) is 2.94. The molecule has 0 saturated carbocycles. The van der Waals surface area contributed by atoms with Gasteiger partial charge in [0.15, 0.2) is 11.5 Å². The van der Waals surface area contributed by atoms with E-state index >= 15 is 0 Å². The molecule has 0 radical (unpaired) electrons. The molecular formula is C23H22N4O2. The van der Waals surface area contributed by atoms with Crippen LogP contribution in [0, 0.1) is 6.92 Å². The van der Waals surface area contributed by atoms with Crippen molar-refractivity contribution in [3.05, 3.63) is 89.5 Å². The van der Waals surface area contributed by atoms with Gasteiger partial charge in [-0.3, -0.25) is 0 Å². The number of benzene rings is 3. The third kappa shape index (κ3) is 4.60. The molecule has 6 nitrogen and oxygen atoms in total. The number of aryl methyl sites for hydroxylation is 1. The fraction of sp³-hybridized carbons (Fsp3) is 0.174. The number of methoxy groups -OCH3 is 1. The van der Waals surface area contributed by atoms with Crippen molar-refractivity contribution in [1.82, 2.24) is 20.2 Å². The zero-order valence-electron chi connectivity index (χ0n) is 16.4. The number of hydrogen-bond acceptors (Lipinski definition) is 5. The predicted molar refractivity (Wildman–Crippen MR) is 111 cm³/mol. The molecule has 0 aliphatic carbocycles. The summed E-state index contributed by atoms with van der Waals surface area (Å²) in [5.74, 6) is 1.85. The van der Waals surface area contributed by atoms with Gasteiger partial charge in [-0.1, -0.05) is 60.2 Å². The summed E-state index contributed by atoms with van der Waals surface area (Å²) in [4.78, 5) is 1.59. The van der Waals surface area contributed by atoms with Gasteiger partial charge in [-0.25, -0.2) is 0 Å². The molecule has 0 atom stereocenters. The summed E-state index contributed by atoms with van der Waals surface area (Å²) in [6.07, 6.45) is 0. The maximum atomic E-state index is 5.91. The molecule has 0 aliphatic heterocycles. The van der Waals surface area contributed by atoms with Gasteiger partial charge in [0.25, 0.3) is 0 Å². The van der Waals surface area contributed by atoms with E-state index in [0.29, 0.717) is 30.5 Å². The quantitative estimate of drug-likeness (QED) is 0.474. The van der Waals surface area contributed by atoms with E-state index in [0.717, 1.165) is 16.7 Å². The van der Waals surface area contributed by atoms with Crippen molar-refractivity contribution in [2.24, 2.45) is 0 Å². The SMILES string of the molecule is COc1cc(-c2nnn(Cc3ccc(C)cc3)n2)ccc1OCc1ccccc1. The third-order valence-corrected chi connectivity index (χ3v) is 4.56. The normalized spacial score (nSPS) is 10.7. The van der Waals surface area contributed by atoms with Gasteiger partial charge < -0.3 is 9.47 Å². The smallest absolute Gasteiger partial charge is 0.205 e. The molecule has 1 heterocycles. The largest absolute Gasteiger partial charge is 0.493 e. The number of rotatable bonds is 7. The molecule has 0 amide bonds. The van der Waals surface area contributed by atoms with Gasteiger partial charge in [0.2, 0.25) is 5.82 Å². The van der Waals surface area contributed by atoms with Crippen LogP contribution in [0.25, 0.3) is 11.4 Å². The number of aromatic nitrogens is 4. The van der Waals surface area contributed by atoms with Crippen LogP contribution in [0.5, 0.6) is 11.5 Å². The van der Waals surface area contributed by atoms with Crippen LogP contribution < -0.4 is 9.47 Å². The van der Waals surface area contributed by atoms with Crippen LogP contribution in [0.3, 0.4) is 0 Å². The Bertz CT molecular complexity index is 1080. The molecular weight excluding hydrogens is 364 g/mol. The van der Waals surface area contributed by atoms with Crippen molar-refractivity contribution in [3.8, 4) is 22.9 Å². The van der Waals surface area contributed by atoms with E-state index in [1.807, 2.05) is 48.5 Å². The molecule has 6 heteroatoms. The third-order valence-electron chi connectivity index (χ3n) is 4.56. The Morgan fingerprint density at radius 3 is 2.41 bits per heavy atom. The van der Waals surface area contributed by atoms with E-state index in [9.17, 15) is 0 Å².